The molecule has 30 heavy (non-hydrogen) atoms. The first-order valence-electron chi connectivity index (χ1n) is 9.60. The Morgan fingerprint density at radius 1 is 1.07 bits per heavy atom. The number of aromatic nitrogens is 2. The predicted molar refractivity (Wildman–Crippen MR) is 126 cm³/mol. The average Bonchev–Trinajstić information content (AvgIpc) is 3.20. The van der Waals surface area contributed by atoms with Crippen LogP contribution in [0.15, 0.2) is 60.9 Å². The Labute approximate surface area is 185 Å². The van der Waals surface area contributed by atoms with E-state index in [9.17, 15) is 0 Å². The van der Waals surface area contributed by atoms with Gasteiger partial charge in [0.25, 0.3) is 0 Å². The van der Waals surface area contributed by atoms with E-state index in [0.717, 1.165) is 43.8 Å². The third-order valence-corrected chi connectivity index (χ3v) is 6.46. The van der Waals surface area contributed by atoms with Crippen LogP contribution in [0, 0.1) is 0 Å². The molecule has 4 aromatic rings. The van der Waals surface area contributed by atoms with E-state index in [1.165, 1.54) is 5.56 Å². The van der Waals surface area contributed by atoms with Gasteiger partial charge in [0.15, 0.2) is 0 Å². The summed E-state index contributed by atoms with van der Waals surface area (Å²) in [6.45, 7) is 0.722. The molecule has 7 heteroatoms. The van der Waals surface area contributed by atoms with Gasteiger partial charge in [-0.2, -0.15) is 0 Å². The van der Waals surface area contributed by atoms with E-state index in [-0.39, 0.29) is 6.04 Å². The predicted octanol–water partition coefficient (Wildman–Crippen LogP) is 5.74. The van der Waals surface area contributed by atoms with E-state index in [4.69, 9.17) is 16.3 Å². The Balaban J connectivity index is 1.58. The van der Waals surface area contributed by atoms with Crippen LogP contribution in [0.1, 0.15) is 11.6 Å². The largest absolute Gasteiger partial charge is 0.497 e. The first kappa shape index (κ1) is 20.6. The summed E-state index contributed by atoms with van der Waals surface area (Å²) in [4.78, 5) is 12.3. The third-order valence-electron chi connectivity index (χ3n) is 5.03. The van der Waals surface area contributed by atoms with Crippen LogP contribution in [0.4, 0.5) is 5.82 Å². The highest BCUT2D eigenvalue weighted by atomic mass is 35.5. The second-order valence-corrected chi connectivity index (χ2v) is 8.68. The number of benzene rings is 2. The molecular formula is C23H23ClN4OS. The highest BCUT2D eigenvalue weighted by Crippen LogP contribution is 2.36. The van der Waals surface area contributed by atoms with Crippen LogP contribution in [0.2, 0.25) is 5.02 Å². The second-order valence-electron chi connectivity index (χ2n) is 7.19. The van der Waals surface area contributed by atoms with Gasteiger partial charge in [-0.3, -0.25) is 0 Å². The molecule has 0 fully saturated rings. The topological polar surface area (TPSA) is 50.3 Å². The van der Waals surface area contributed by atoms with Crippen LogP contribution < -0.4 is 10.1 Å². The zero-order valence-electron chi connectivity index (χ0n) is 17.1. The van der Waals surface area contributed by atoms with Crippen LogP contribution in [-0.4, -0.2) is 42.6 Å². The van der Waals surface area contributed by atoms with E-state index < -0.39 is 0 Å². The van der Waals surface area contributed by atoms with E-state index in [1.807, 2.05) is 36.4 Å². The van der Waals surface area contributed by atoms with Crippen molar-refractivity contribution in [3.8, 4) is 16.2 Å². The molecule has 0 aliphatic heterocycles. The Hall–Kier alpha value is -2.67. The number of fused-ring (bicyclic) bond motifs is 1. The van der Waals surface area contributed by atoms with E-state index in [0.29, 0.717) is 0 Å². The minimum absolute atomic E-state index is 0.191. The van der Waals surface area contributed by atoms with Crippen LogP contribution in [0.5, 0.6) is 5.75 Å². The highest BCUT2D eigenvalue weighted by molar-refractivity contribution is 7.22. The van der Waals surface area contributed by atoms with Crippen molar-refractivity contribution < 1.29 is 4.74 Å². The summed E-state index contributed by atoms with van der Waals surface area (Å²) in [7, 11) is 5.84. The molecule has 4 rings (SSSR count). The summed E-state index contributed by atoms with van der Waals surface area (Å²) in [6.07, 6.45) is 1.61. The van der Waals surface area contributed by atoms with Crippen LogP contribution in [-0.2, 0) is 0 Å². The molecule has 2 heterocycles. The number of nitrogens with one attached hydrogen (secondary N) is 1. The van der Waals surface area contributed by atoms with Gasteiger partial charge < -0.3 is 15.0 Å². The first-order chi connectivity index (χ1) is 14.5. The molecule has 0 amide bonds. The standard InChI is InChI=1S/C23H23ClN4OS/c1-28(2)20(15-6-10-18(29-3)11-7-15)13-25-23-22-19(26-14-27-23)12-21(30-22)16-4-8-17(24)9-5-16/h4-12,14,20H,13H2,1-3H3,(H,25,26,27)/t20-/m0/s1. The molecule has 1 atom stereocenters. The van der Waals surface area contributed by atoms with Gasteiger partial charge in [-0.05, 0) is 55.6 Å². The van der Waals surface area contributed by atoms with Gasteiger partial charge in [-0.1, -0.05) is 35.9 Å². The zero-order valence-corrected chi connectivity index (χ0v) is 18.7. The highest BCUT2D eigenvalue weighted by Gasteiger charge is 2.16. The number of anilines is 1. The number of likely N-dealkylation sites (N-methyl/N-ethyl adjacent to an activating group) is 1. The van der Waals surface area contributed by atoms with Crippen molar-refractivity contribution in [3.05, 3.63) is 71.5 Å². The van der Waals surface area contributed by atoms with Crippen molar-refractivity contribution in [3.63, 3.8) is 0 Å². The van der Waals surface area contributed by atoms with Gasteiger partial charge in [-0.15, -0.1) is 11.3 Å². The number of nitrogens with zero attached hydrogens (tertiary/aromatic N) is 3. The third kappa shape index (κ3) is 4.41. The SMILES string of the molecule is COc1ccc([C@H](CNc2ncnc3cc(-c4ccc(Cl)cc4)sc23)N(C)C)cc1. The van der Waals surface area contributed by atoms with Gasteiger partial charge in [-0.25, -0.2) is 9.97 Å². The van der Waals surface area contributed by atoms with Gasteiger partial charge >= 0.3 is 0 Å². The van der Waals surface area contributed by atoms with Crippen molar-refractivity contribution in [1.82, 2.24) is 14.9 Å². The van der Waals surface area contributed by atoms with E-state index >= 15 is 0 Å². The first-order valence-corrected chi connectivity index (χ1v) is 10.8. The molecule has 0 saturated heterocycles. The maximum absolute atomic E-state index is 6.03. The van der Waals surface area contributed by atoms with E-state index in [1.54, 1.807) is 24.8 Å². The van der Waals surface area contributed by atoms with Crippen molar-refractivity contribution >= 4 is 39.0 Å². The molecule has 154 valence electrons. The molecule has 2 aromatic carbocycles. The monoisotopic (exact) mass is 438 g/mol. The second kappa shape index (κ2) is 9.00. The normalized spacial score (nSPS) is 12.3. The fraction of sp³-hybridized carbons (Fsp3) is 0.217. The maximum atomic E-state index is 6.03. The Morgan fingerprint density at radius 3 is 2.47 bits per heavy atom. The number of methoxy groups -OCH3 is 1. The number of ether oxygens (including phenoxy) is 1. The summed E-state index contributed by atoms with van der Waals surface area (Å²) in [5, 5.41) is 4.27. The number of rotatable bonds is 7. The fourth-order valence-electron chi connectivity index (χ4n) is 3.35. The minimum Gasteiger partial charge on any atom is -0.497 e. The van der Waals surface area contributed by atoms with Crippen LogP contribution >= 0.6 is 22.9 Å². The van der Waals surface area contributed by atoms with Crippen molar-refractivity contribution in [2.45, 2.75) is 6.04 Å². The van der Waals surface area contributed by atoms with Crippen molar-refractivity contribution in [2.75, 3.05) is 33.1 Å². The Morgan fingerprint density at radius 2 is 1.80 bits per heavy atom. The van der Waals surface area contributed by atoms with Crippen LogP contribution in [0.25, 0.3) is 20.7 Å². The average molecular weight is 439 g/mol. The molecule has 0 spiro atoms. The lowest BCUT2D eigenvalue weighted by Crippen LogP contribution is -2.27. The van der Waals surface area contributed by atoms with E-state index in [2.05, 4.69) is 52.5 Å². The number of hydrogen-bond donors (Lipinski definition) is 1. The van der Waals surface area contributed by atoms with Gasteiger partial charge in [0.05, 0.1) is 23.4 Å². The fourth-order valence-corrected chi connectivity index (χ4v) is 4.56. The maximum Gasteiger partial charge on any atom is 0.147 e. The lowest BCUT2D eigenvalue weighted by Gasteiger charge is -2.25. The lowest BCUT2D eigenvalue weighted by atomic mass is 10.1. The summed E-state index contributed by atoms with van der Waals surface area (Å²) in [6, 6.07) is 18.3. The van der Waals surface area contributed by atoms with Crippen LogP contribution in [0.3, 0.4) is 0 Å². The zero-order chi connectivity index (χ0) is 21.1. The molecule has 0 bridgehead atoms. The summed E-state index contributed by atoms with van der Waals surface area (Å²) >= 11 is 7.71. The molecule has 0 unspecified atom stereocenters. The van der Waals surface area contributed by atoms with Crippen molar-refractivity contribution in [2.24, 2.45) is 0 Å². The number of hydrogen-bond acceptors (Lipinski definition) is 6. The van der Waals surface area contributed by atoms with Crippen molar-refractivity contribution in [1.29, 1.82) is 0 Å². The molecule has 1 N–H and O–H groups in total. The molecule has 0 aliphatic carbocycles. The summed E-state index contributed by atoms with van der Waals surface area (Å²) in [5.74, 6) is 1.71. The number of halogens is 1. The Kier molecular flexibility index (Phi) is 6.18. The molecule has 0 aliphatic rings. The minimum atomic E-state index is 0.191. The Bertz CT molecular complexity index is 1130. The summed E-state index contributed by atoms with van der Waals surface area (Å²) < 4.78 is 6.33. The lowest BCUT2D eigenvalue weighted by molar-refractivity contribution is 0.311. The van der Waals surface area contributed by atoms with Gasteiger partial charge in [0, 0.05) is 16.4 Å². The molecule has 5 nitrogen and oxygen atoms in total. The quantitative estimate of drug-likeness (QED) is 0.399. The molecule has 2 aromatic heterocycles. The summed E-state index contributed by atoms with van der Waals surface area (Å²) in [5.41, 5.74) is 3.28. The molecule has 0 saturated carbocycles. The molecular weight excluding hydrogens is 416 g/mol. The van der Waals surface area contributed by atoms with Gasteiger partial charge in [0.2, 0.25) is 0 Å². The smallest absolute Gasteiger partial charge is 0.147 e. The van der Waals surface area contributed by atoms with Gasteiger partial charge in [0.1, 0.15) is 17.9 Å². The molecule has 0 radical (unpaired) electrons. The number of thiophene rings is 1.